The van der Waals surface area contributed by atoms with E-state index in [1.165, 1.54) is 11.3 Å². The lowest BCUT2D eigenvalue weighted by molar-refractivity contribution is -0.139. The number of aliphatic carboxylic acids is 1. The standard InChI is InChI=1S/C17H18N4O3S/c1-4-11(17(23)24)19-16(22)10-8-12(13-6-5-7-25-13)18-15-14(10)9(2)20-21(15)3/h5-8,11H,4H2,1-3H3,(H,19,22)(H,23,24). The third-order valence-electron chi connectivity index (χ3n) is 4.00. The molecule has 25 heavy (non-hydrogen) atoms. The maximum Gasteiger partial charge on any atom is 0.326 e. The van der Waals surface area contributed by atoms with Gasteiger partial charge < -0.3 is 10.4 Å². The minimum atomic E-state index is -1.05. The zero-order chi connectivity index (χ0) is 18.1. The largest absolute Gasteiger partial charge is 0.480 e. The third kappa shape index (κ3) is 3.12. The van der Waals surface area contributed by atoms with Gasteiger partial charge in [-0.05, 0) is 30.9 Å². The molecule has 3 rings (SSSR count). The number of hydrogen-bond donors (Lipinski definition) is 2. The number of rotatable bonds is 5. The van der Waals surface area contributed by atoms with Gasteiger partial charge in [-0.25, -0.2) is 9.78 Å². The van der Waals surface area contributed by atoms with Crippen molar-refractivity contribution in [1.82, 2.24) is 20.1 Å². The van der Waals surface area contributed by atoms with Crippen molar-refractivity contribution in [2.75, 3.05) is 0 Å². The Balaban J connectivity index is 2.15. The first-order valence-electron chi connectivity index (χ1n) is 7.84. The molecule has 8 heteroatoms. The highest BCUT2D eigenvalue weighted by molar-refractivity contribution is 7.13. The van der Waals surface area contributed by atoms with Crippen molar-refractivity contribution >= 4 is 34.2 Å². The van der Waals surface area contributed by atoms with Gasteiger partial charge in [0, 0.05) is 7.05 Å². The number of nitrogens with zero attached hydrogens (tertiary/aromatic N) is 3. The van der Waals surface area contributed by atoms with Gasteiger partial charge in [0.1, 0.15) is 6.04 Å². The summed E-state index contributed by atoms with van der Waals surface area (Å²) in [7, 11) is 1.77. The molecule has 1 amide bonds. The number of fused-ring (bicyclic) bond motifs is 1. The molecule has 0 aliphatic rings. The predicted octanol–water partition coefficient (Wildman–Crippen LogP) is 2.60. The summed E-state index contributed by atoms with van der Waals surface area (Å²) in [5, 5.41) is 18.7. The first-order chi connectivity index (χ1) is 11.9. The second kappa shape index (κ2) is 6.64. The average Bonchev–Trinajstić information content (AvgIpc) is 3.20. The maximum atomic E-state index is 12.8. The van der Waals surface area contributed by atoms with Gasteiger partial charge in [0.2, 0.25) is 0 Å². The topological polar surface area (TPSA) is 97.1 Å². The van der Waals surface area contributed by atoms with E-state index >= 15 is 0 Å². The number of aromatic nitrogens is 3. The molecule has 0 radical (unpaired) electrons. The molecular weight excluding hydrogens is 340 g/mol. The Bertz CT molecular complexity index is 947. The van der Waals surface area contributed by atoms with Crippen LogP contribution in [0.1, 0.15) is 29.4 Å². The Hall–Kier alpha value is -2.74. The van der Waals surface area contributed by atoms with Crippen LogP contribution in [0.4, 0.5) is 0 Å². The van der Waals surface area contributed by atoms with Crippen LogP contribution in [-0.2, 0) is 11.8 Å². The number of carbonyl (C=O) groups is 2. The molecule has 0 spiro atoms. The molecule has 3 aromatic rings. The second-order valence-electron chi connectivity index (χ2n) is 5.71. The monoisotopic (exact) mass is 358 g/mol. The van der Waals surface area contributed by atoms with Crippen molar-refractivity contribution in [3.05, 3.63) is 34.8 Å². The molecule has 7 nitrogen and oxygen atoms in total. The van der Waals surface area contributed by atoms with Crippen LogP contribution >= 0.6 is 11.3 Å². The lowest BCUT2D eigenvalue weighted by Crippen LogP contribution is -2.40. The summed E-state index contributed by atoms with van der Waals surface area (Å²) in [4.78, 5) is 29.6. The Morgan fingerprint density at radius 3 is 2.80 bits per heavy atom. The van der Waals surface area contributed by atoms with Gasteiger partial charge in [-0.2, -0.15) is 5.10 Å². The zero-order valence-corrected chi connectivity index (χ0v) is 14.9. The van der Waals surface area contributed by atoms with Crippen molar-refractivity contribution in [2.24, 2.45) is 7.05 Å². The number of carboxylic acids is 1. The van der Waals surface area contributed by atoms with Crippen LogP contribution in [0.3, 0.4) is 0 Å². The van der Waals surface area contributed by atoms with E-state index in [1.807, 2.05) is 17.5 Å². The zero-order valence-electron chi connectivity index (χ0n) is 14.1. The van der Waals surface area contributed by atoms with E-state index in [0.717, 1.165) is 4.88 Å². The van der Waals surface area contributed by atoms with E-state index in [0.29, 0.717) is 34.4 Å². The molecule has 0 bridgehead atoms. The van der Waals surface area contributed by atoms with Crippen LogP contribution in [0.2, 0.25) is 0 Å². The number of aryl methyl sites for hydroxylation is 2. The van der Waals surface area contributed by atoms with Gasteiger partial charge in [0.05, 0.1) is 27.2 Å². The summed E-state index contributed by atoms with van der Waals surface area (Å²) >= 11 is 1.52. The van der Waals surface area contributed by atoms with Crippen molar-refractivity contribution in [3.8, 4) is 10.6 Å². The molecule has 130 valence electrons. The van der Waals surface area contributed by atoms with E-state index in [9.17, 15) is 14.7 Å². The molecule has 0 saturated carbocycles. The molecule has 1 unspecified atom stereocenters. The molecule has 0 aliphatic heterocycles. The number of hydrogen-bond acceptors (Lipinski definition) is 5. The number of amides is 1. The summed E-state index contributed by atoms with van der Waals surface area (Å²) < 4.78 is 1.63. The normalized spacial score (nSPS) is 12.3. The molecule has 2 N–H and O–H groups in total. The van der Waals surface area contributed by atoms with Crippen molar-refractivity contribution in [1.29, 1.82) is 0 Å². The van der Waals surface area contributed by atoms with Gasteiger partial charge in [-0.3, -0.25) is 9.48 Å². The Labute approximate surface area is 148 Å². The van der Waals surface area contributed by atoms with Gasteiger partial charge in [-0.1, -0.05) is 13.0 Å². The fraction of sp³-hybridized carbons (Fsp3) is 0.294. The van der Waals surface area contributed by atoms with E-state index < -0.39 is 17.9 Å². The quantitative estimate of drug-likeness (QED) is 0.731. The van der Waals surface area contributed by atoms with Crippen molar-refractivity contribution in [3.63, 3.8) is 0 Å². The SMILES string of the molecule is CCC(NC(=O)c1cc(-c2cccs2)nc2c1c(C)nn2C)C(=O)O. The Morgan fingerprint density at radius 1 is 1.44 bits per heavy atom. The van der Waals surface area contributed by atoms with E-state index in [2.05, 4.69) is 15.4 Å². The summed E-state index contributed by atoms with van der Waals surface area (Å²) in [6, 6.07) is 4.61. The van der Waals surface area contributed by atoms with E-state index in [-0.39, 0.29) is 0 Å². The summed E-state index contributed by atoms with van der Waals surface area (Å²) in [6.45, 7) is 3.52. The number of pyridine rings is 1. The first kappa shape index (κ1) is 17.1. The highest BCUT2D eigenvalue weighted by Gasteiger charge is 2.23. The predicted molar refractivity (Wildman–Crippen MR) is 95.7 cm³/mol. The molecule has 0 aliphatic carbocycles. The van der Waals surface area contributed by atoms with Crippen LogP contribution < -0.4 is 5.32 Å². The van der Waals surface area contributed by atoms with Gasteiger partial charge in [0.25, 0.3) is 5.91 Å². The number of nitrogens with one attached hydrogen (secondary N) is 1. The van der Waals surface area contributed by atoms with Crippen LogP contribution in [0.25, 0.3) is 21.6 Å². The molecule has 0 fully saturated rings. The summed E-state index contributed by atoms with van der Waals surface area (Å²) in [5.41, 5.74) is 2.32. The smallest absolute Gasteiger partial charge is 0.326 e. The van der Waals surface area contributed by atoms with Crippen LogP contribution in [0.5, 0.6) is 0 Å². The minimum Gasteiger partial charge on any atom is -0.480 e. The van der Waals surface area contributed by atoms with Crippen LogP contribution in [0.15, 0.2) is 23.6 Å². The second-order valence-corrected chi connectivity index (χ2v) is 6.66. The highest BCUT2D eigenvalue weighted by atomic mass is 32.1. The van der Waals surface area contributed by atoms with Crippen LogP contribution in [-0.4, -0.2) is 37.8 Å². The average molecular weight is 358 g/mol. The summed E-state index contributed by atoms with van der Waals surface area (Å²) in [6.07, 6.45) is 0.305. The first-order valence-corrected chi connectivity index (χ1v) is 8.72. The molecule has 1 atom stereocenters. The van der Waals surface area contributed by atoms with Gasteiger partial charge in [-0.15, -0.1) is 11.3 Å². The van der Waals surface area contributed by atoms with Crippen molar-refractivity contribution < 1.29 is 14.7 Å². The van der Waals surface area contributed by atoms with Crippen molar-refractivity contribution in [2.45, 2.75) is 26.3 Å². The molecule has 0 saturated heterocycles. The van der Waals surface area contributed by atoms with Gasteiger partial charge >= 0.3 is 5.97 Å². The van der Waals surface area contributed by atoms with E-state index in [1.54, 1.807) is 31.6 Å². The summed E-state index contributed by atoms with van der Waals surface area (Å²) in [5.74, 6) is -1.49. The fourth-order valence-electron chi connectivity index (χ4n) is 2.75. The Morgan fingerprint density at radius 2 is 2.20 bits per heavy atom. The van der Waals surface area contributed by atoms with E-state index in [4.69, 9.17) is 0 Å². The molecular formula is C17H18N4O3S. The maximum absolute atomic E-state index is 12.8. The number of carbonyl (C=O) groups excluding carboxylic acids is 1. The lowest BCUT2D eigenvalue weighted by Gasteiger charge is -2.13. The number of carboxylic acid groups (broad SMARTS) is 1. The van der Waals surface area contributed by atoms with Crippen LogP contribution in [0, 0.1) is 6.92 Å². The molecule has 3 heterocycles. The third-order valence-corrected chi connectivity index (χ3v) is 4.89. The number of thiophene rings is 1. The lowest BCUT2D eigenvalue weighted by atomic mass is 10.1. The van der Waals surface area contributed by atoms with Gasteiger partial charge in [0.15, 0.2) is 5.65 Å². The highest BCUT2D eigenvalue weighted by Crippen LogP contribution is 2.29. The molecule has 0 aromatic carbocycles. The minimum absolute atomic E-state index is 0.305. The fourth-order valence-corrected chi connectivity index (χ4v) is 3.44. The Kier molecular flexibility index (Phi) is 4.54. The molecule has 3 aromatic heterocycles.